The molecule has 0 radical (unpaired) electrons. The molecule has 0 bridgehead atoms. The van der Waals surface area contributed by atoms with Gasteiger partial charge in [-0.3, -0.25) is 14.5 Å². The summed E-state index contributed by atoms with van der Waals surface area (Å²) in [6.07, 6.45) is 2.24. The second kappa shape index (κ2) is 6.58. The number of benzene rings is 1. The van der Waals surface area contributed by atoms with Crippen LogP contribution >= 0.6 is 0 Å². The summed E-state index contributed by atoms with van der Waals surface area (Å²) in [4.78, 5) is 26.3. The number of nitrogens with zero attached hydrogens (tertiary/aromatic N) is 1. The van der Waals surface area contributed by atoms with Gasteiger partial charge in [-0.2, -0.15) is 0 Å². The van der Waals surface area contributed by atoms with E-state index in [0.29, 0.717) is 29.3 Å². The highest BCUT2D eigenvalue weighted by Gasteiger charge is 2.22. The second-order valence-corrected chi connectivity index (χ2v) is 6.31. The van der Waals surface area contributed by atoms with Gasteiger partial charge in [0, 0.05) is 11.6 Å². The molecule has 124 valence electrons. The van der Waals surface area contributed by atoms with Crippen molar-refractivity contribution in [2.24, 2.45) is 5.92 Å². The van der Waals surface area contributed by atoms with Crippen LogP contribution in [-0.4, -0.2) is 43.0 Å². The third kappa shape index (κ3) is 3.64. The lowest BCUT2D eigenvalue weighted by molar-refractivity contribution is -0.117. The summed E-state index contributed by atoms with van der Waals surface area (Å²) in [5.74, 6) is 1.59. The Morgan fingerprint density at radius 2 is 1.87 bits per heavy atom. The fourth-order valence-corrected chi connectivity index (χ4v) is 2.95. The van der Waals surface area contributed by atoms with Gasteiger partial charge in [-0.15, -0.1) is 0 Å². The van der Waals surface area contributed by atoms with E-state index >= 15 is 0 Å². The molecule has 0 spiro atoms. The molecule has 1 aromatic carbocycles. The van der Waals surface area contributed by atoms with E-state index in [1.807, 2.05) is 0 Å². The fourth-order valence-electron chi connectivity index (χ4n) is 2.95. The smallest absolute Gasteiger partial charge is 0.238 e. The summed E-state index contributed by atoms with van der Waals surface area (Å²) in [5.41, 5.74) is 0.923. The molecule has 0 aromatic heterocycles. The number of ketones is 1. The Bertz CT molecular complexity index is 621. The van der Waals surface area contributed by atoms with E-state index < -0.39 is 0 Å². The minimum absolute atomic E-state index is 0.110. The first-order chi connectivity index (χ1) is 11.0. The maximum atomic E-state index is 12.3. The number of piperidine rings is 1. The van der Waals surface area contributed by atoms with Gasteiger partial charge in [0.15, 0.2) is 17.3 Å². The van der Waals surface area contributed by atoms with Crippen molar-refractivity contribution in [3.63, 3.8) is 0 Å². The van der Waals surface area contributed by atoms with E-state index in [-0.39, 0.29) is 18.5 Å². The van der Waals surface area contributed by atoms with Crippen molar-refractivity contribution >= 4 is 17.4 Å². The number of Topliss-reactive ketones (excluding diaryl/α,β-unsaturated/α-hetero) is 1. The number of carbonyl (C=O) groups excluding carboxylic acids is 2. The number of carbonyl (C=O) groups is 2. The number of anilines is 1. The molecule has 1 saturated heterocycles. The molecule has 2 aliphatic rings. The maximum Gasteiger partial charge on any atom is 0.238 e. The lowest BCUT2D eigenvalue weighted by atomic mass is 9.99. The first-order valence-corrected chi connectivity index (χ1v) is 7.99. The summed E-state index contributed by atoms with van der Waals surface area (Å²) >= 11 is 0. The molecule has 1 N–H and O–H groups in total. The van der Waals surface area contributed by atoms with Crippen LogP contribution in [0.2, 0.25) is 0 Å². The van der Waals surface area contributed by atoms with E-state index in [4.69, 9.17) is 9.47 Å². The van der Waals surface area contributed by atoms with Crippen molar-refractivity contribution in [1.29, 1.82) is 0 Å². The molecule has 2 heterocycles. The average molecular weight is 318 g/mol. The van der Waals surface area contributed by atoms with Crippen molar-refractivity contribution in [2.75, 3.05) is 31.7 Å². The third-order valence-corrected chi connectivity index (χ3v) is 4.41. The fraction of sp³-hybridized carbons (Fsp3) is 0.529. The first-order valence-electron chi connectivity index (χ1n) is 7.99. The Kier molecular flexibility index (Phi) is 4.52. The Balaban J connectivity index is 1.69. The number of amides is 1. The van der Waals surface area contributed by atoms with Gasteiger partial charge >= 0.3 is 0 Å². The van der Waals surface area contributed by atoms with E-state index in [9.17, 15) is 9.59 Å². The standard InChI is InChI=1S/C17H22N2O4/c1-11-3-5-19(6-4-11)9-17(21)18-14-8-16-15(22-10-23-16)7-13(14)12(2)20/h7-8,11H,3-6,9-10H2,1-2H3,(H,18,21). The van der Waals surface area contributed by atoms with Gasteiger partial charge in [0.05, 0.1) is 12.2 Å². The Morgan fingerprint density at radius 1 is 1.22 bits per heavy atom. The molecule has 1 fully saturated rings. The molecule has 1 amide bonds. The maximum absolute atomic E-state index is 12.3. The molecule has 0 unspecified atom stereocenters. The number of hydrogen-bond acceptors (Lipinski definition) is 5. The molecule has 0 saturated carbocycles. The summed E-state index contributed by atoms with van der Waals surface area (Å²) in [5, 5.41) is 2.84. The lowest BCUT2D eigenvalue weighted by Crippen LogP contribution is -2.38. The lowest BCUT2D eigenvalue weighted by Gasteiger charge is -2.29. The van der Waals surface area contributed by atoms with Crippen LogP contribution in [0.15, 0.2) is 12.1 Å². The zero-order valence-electron chi connectivity index (χ0n) is 13.6. The topological polar surface area (TPSA) is 67.9 Å². The van der Waals surface area contributed by atoms with Crippen LogP contribution in [0.1, 0.15) is 37.0 Å². The molecular formula is C17H22N2O4. The summed E-state index contributed by atoms with van der Waals surface area (Å²) in [6.45, 7) is 6.07. The zero-order chi connectivity index (χ0) is 16.4. The van der Waals surface area contributed by atoms with Crippen LogP contribution in [0.3, 0.4) is 0 Å². The highest BCUT2D eigenvalue weighted by Crippen LogP contribution is 2.37. The molecule has 0 atom stereocenters. The SMILES string of the molecule is CC(=O)c1cc2c(cc1NC(=O)CN1CCC(C)CC1)OCO2. The molecule has 3 rings (SSSR count). The van der Waals surface area contributed by atoms with Crippen LogP contribution in [0.25, 0.3) is 0 Å². The van der Waals surface area contributed by atoms with Crippen LogP contribution in [0, 0.1) is 5.92 Å². The molecule has 23 heavy (non-hydrogen) atoms. The van der Waals surface area contributed by atoms with E-state index in [2.05, 4.69) is 17.1 Å². The highest BCUT2D eigenvalue weighted by molar-refractivity contribution is 6.05. The second-order valence-electron chi connectivity index (χ2n) is 6.31. The van der Waals surface area contributed by atoms with Gasteiger partial charge in [-0.1, -0.05) is 6.92 Å². The van der Waals surface area contributed by atoms with Crippen molar-refractivity contribution in [1.82, 2.24) is 4.90 Å². The van der Waals surface area contributed by atoms with E-state index in [1.165, 1.54) is 6.92 Å². The summed E-state index contributed by atoms with van der Waals surface area (Å²) in [6, 6.07) is 3.29. The monoisotopic (exact) mass is 318 g/mol. The number of hydrogen-bond donors (Lipinski definition) is 1. The highest BCUT2D eigenvalue weighted by atomic mass is 16.7. The molecule has 6 nitrogen and oxygen atoms in total. The quantitative estimate of drug-likeness (QED) is 0.863. The number of ether oxygens (including phenoxy) is 2. The molecule has 0 aliphatic carbocycles. The van der Waals surface area contributed by atoms with Crippen molar-refractivity contribution in [2.45, 2.75) is 26.7 Å². The molecule has 2 aliphatic heterocycles. The van der Waals surface area contributed by atoms with Crippen molar-refractivity contribution < 1.29 is 19.1 Å². The van der Waals surface area contributed by atoms with E-state index in [1.54, 1.807) is 12.1 Å². The molecule has 6 heteroatoms. The summed E-state index contributed by atoms with van der Waals surface area (Å²) in [7, 11) is 0. The van der Waals surface area contributed by atoms with Gasteiger partial charge < -0.3 is 14.8 Å². The van der Waals surface area contributed by atoms with Crippen LogP contribution in [0.5, 0.6) is 11.5 Å². The largest absolute Gasteiger partial charge is 0.454 e. The molecule has 1 aromatic rings. The minimum Gasteiger partial charge on any atom is -0.454 e. The predicted molar refractivity (Wildman–Crippen MR) is 86.0 cm³/mol. The third-order valence-electron chi connectivity index (χ3n) is 4.41. The zero-order valence-corrected chi connectivity index (χ0v) is 13.6. The molecular weight excluding hydrogens is 296 g/mol. The normalized spacial score (nSPS) is 18.0. The van der Waals surface area contributed by atoms with Gasteiger partial charge in [0.2, 0.25) is 12.7 Å². The van der Waals surface area contributed by atoms with Crippen LogP contribution in [-0.2, 0) is 4.79 Å². The minimum atomic E-state index is -0.120. The number of rotatable bonds is 4. The Morgan fingerprint density at radius 3 is 2.52 bits per heavy atom. The number of likely N-dealkylation sites (tertiary alicyclic amines) is 1. The van der Waals surface area contributed by atoms with E-state index in [0.717, 1.165) is 31.8 Å². The van der Waals surface area contributed by atoms with Crippen molar-refractivity contribution in [3.05, 3.63) is 17.7 Å². The van der Waals surface area contributed by atoms with Crippen LogP contribution in [0.4, 0.5) is 5.69 Å². The summed E-state index contributed by atoms with van der Waals surface area (Å²) < 4.78 is 10.6. The van der Waals surface area contributed by atoms with Gasteiger partial charge in [0.1, 0.15) is 0 Å². The Labute approximate surface area is 135 Å². The number of fused-ring (bicyclic) bond motifs is 1. The average Bonchev–Trinajstić information content (AvgIpc) is 2.96. The first kappa shape index (κ1) is 15.8. The van der Waals surface area contributed by atoms with Gasteiger partial charge in [-0.05, 0) is 44.8 Å². The Hall–Kier alpha value is -2.08. The van der Waals surface area contributed by atoms with Crippen molar-refractivity contribution in [3.8, 4) is 11.5 Å². The van der Waals surface area contributed by atoms with Crippen LogP contribution < -0.4 is 14.8 Å². The number of nitrogens with one attached hydrogen (secondary N) is 1. The predicted octanol–water partition coefficient (Wildman–Crippen LogP) is 2.29. The van der Waals surface area contributed by atoms with Gasteiger partial charge in [0.25, 0.3) is 0 Å². The van der Waals surface area contributed by atoms with Gasteiger partial charge in [-0.25, -0.2) is 0 Å².